The number of anilines is 1. The maximum Gasteiger partial charge on any atom is 0.0431 e. The van der Waals surface area contributed by atoms with E-state index in [1.54, 1.807) is 0 Å². The lowest BCUT2D eigenvalue weighted by molar-refractivity contribution is 0.594. The Morgan fingerprint density at radius 3 is 3.29 bits per heavy atom. The van der Waals surface area contributed by atoms with Crippen LogP contribution in [0.1, 0.15) is 12.5 Å². The third-order valence-corrected chi connectivity index (χ3v) is 2.86. The number of rotatable bonds is 3. The van der Waals surface area contributed by atoms with E-state index in [-0.39, 0.29) is 0 Å². The molecule has 2 heterocycles. The normalized spacial score (nSPS) is 16.9. The summed E-state index contributed by atoms with van der Waals surface area (Å²) in [7, 11) is 2.01. The molecular formula is C11H17N3. The van der Waals surface area contributed by atoms with Crippen LogP contribution in [-0.2, 0) is 6.42 Å². The summed E-state index contributed by atoms with van der Waals surface area (Å²) in [5.41, 5.74) is 2.75. The van der Waals surface area contributed by atoms with E-state index in [9.17, 15) is 0 Å². The number of hydrogen-bond donors (Lipinski definition) is 1. The second-order valence-electron chi connectivity index (χ2n) is 3.89. The summed E-state index contributed by atoms with van der Waals surface area (Å²) < 4.78 is 0. The van der Waals surface area contributed by atoms with Crippen molar-refractivity contribution in [2.75, 3.05) is 25.0 Å². The molecule has 0 aromatic carbocycles. The molecule has 0 spiro atoms. The largest absolute Gasteiger partial charge is 0.369 e. The molecule has 0 aliphatic carbocycles. The fraction of sp³-hybridized carbons (Fsp3) is 0.545. The third-order valence-electron chi connectivity index (χ3n) is 2.86. The Labute approximate surface area is 85.1 Å². The van der Waals surface area contributed by atoms with Crippen LogP contribution in [0, 0.1) is 0 Å². The first-order valence-corrected chi connectivity index (χ1v) is 5.16. The first kappa shape index (κ1) is 9.46. The van der Waals surface area contributed by atoms with E-state index < -0.39 is 0 Å². The third kappa shape index (κ3) is 1.73. The Balaban J connectivity index is 2.10. The minimum Gasteiger partial charge on any atom is -0.369 e. The molecule has 76 valence electrons. The van der Waals surface area contributed by atoms with Crippen molar-refractivity contribution in [3.05, 3.63) is 24.0 Å². The molecule has 0 saturated carbocycles. The Kier molecular flexibility index (Phi) is 2.68. The van der Waals surface area contributed by atoms with Gasteiger partial charge in [0.25, 0.3) is 0 Å². The van der Waals surface area contributed by atoms with Crippen LogP contribution < -0.4 is 10.2 Å². The van der Waals surface area contributed by atoms with Gasteiger partial charge in [0.05, 0.1) is 0 Å². The van der Waals surface area contributed by atoms with Gasteiger partial charge < -0.3 is 10.2 Å². The van der Waals surface area contributed by atoms with Crippen LogP contribution in [0.15, 0.2) is 18.5 Å². The fourth-order valence-electron chi connectivity index (χ4n) is 1.91. The van der Waals surface area contributed by atoms with Crippen LogP contribution in [0.2, 0.25) is 0 Å². The highest BCUT2D eigenvalue weighted by Crippen LogP contribution is 2.26. The molecular weight excluding hydrogens is 174 g/mol. The Bertz CT molecular complexity index is 311. The van der Waals surface area contributed by atoms with Gasteiger partial charge in [-0.25, -0.2) is 0 Å². The molecule has 3 heteroatoms. The molecule has 14 heavy (non-hydrogen) atoms. The van der Waals surface area contributed by atoms with E-state index in [2.05, 4.69) is 28.2 Å². The van der Waals surface area contributed by atoms with E-state index in [1.165, 1.54) is 11.3 Å². The molecule has 0 bridgehead atoms. The zero-order chi connectivity index (χ0) is 9.97. The van der Waals surface area contributed by atoms with Crippen molar-refractivity contribution in [2.24, 2.45) is 0 Å². The maximum atomic E-state index is 4.15. The molecule has 0 saturated heterocycles. The van der Waals surface area contributed by atoms with Crippen LogP contribution in [0.25, 0.3) is 0 Å². The van der Waals surface area contributed by atoms with Gasteiger partial charge in [0, 0.05) is 37.2 Å². The summed E-state index contributed by atoms with van der Waals surface area (Å²) in [5.74, 6) is 0. The number of aromatic nitrogens is 1. The zero-order valence-corrected chi connectivity index (χ0v) is 8.83. The highest BCUT2D eigenvalue weighted by molar-refractivity contribution is 5.56. The number of nitrogens with one attached hydrogen (secondary N) is 1. The van der Waals surface area contributed by atoms with Gasteiger partial charge in [-0.3, -0.25) is 4.98 Å². The van der Waals surface area contributed by atoms with Gasteiger partial charge in [0.15, 0.2) is 0 Å². The summed E-state index contributed by atoms with van der Waals surface area (Å²) in [5, 5.41) is 3.27. The van der Waals surface area contributed by atoms with Crippen LogP contribution in [0.3, 0.4) is 0 Å². The number of nitrogens with zero attached hydrogens (tertiary/aromatic N) is 2. The first-order valence-electron chi connectivity index (χ1n) is 5.16. The van der Waals surface area contributed by atoms with Crippen molar-refractivity contribution in [2.45, 2.75) is 19.4 Å². The minimum absolute atomic E-state index is 0.536. The zero-order valence-electron chi connectivity index (χ0n) is 8.83. The summed E-state index contributed by atoms with van der Waals surface area (Å²) >= 11 is 0. The molecule has 1 atom stereocenters. The van der Waals surface area contributed by atoms with E-state index in [0.29, 0.717) is 6.04 Å². The fourth-order valence-corrected chi connectivity index (χ4v) is 1.91. The quantitative estimate of drug-likeness (QED) is 0.774. The molecule has 1 N–H and O–H groups in total. The summed E-state index contributed by atoms with van der Waals surface area (Å²) in [6.45, 7) is 4.42. The Hall–Kier alpha value is -1.09. The standard InChI is InChI=1S/C11H17N3/c1-9(12-2)8-14-6-4-10-7-13-5-3-11(10)14/h3,5,7,9,12H,4,6,8H2,1-2H3. The van der Waals surface area contributed by atoms with Crippen LogP contribution in [0.4, 0.5) is 5.69 Å². The van der Waals surface area contributed by atoms with Gasteiger partial charge in [0.1, 0.15) is 0 Å². The lowest BCUT2D eigenvalue weighted by Gasteiger charge is -2.23. The number of likely N-dealkylation sites (N-methyl/N-ethyl adjacent to an activating group) is 1. The Morgan fingerprint density at radius 1 is 1.64 bits per heavy atom. The molecule has 1 aliphatic rings. The molecule has 0 radical (unpaired) electrons. The number of fused-ring (bicyclic) bond motifs is 1. The van der Waals surface area contributed by atoms with Gasteiger partial charge in [-0.05, 0) is 32.0 Å². The predicted molar refractivity (Wildman–Crippen MR) is 58.7 cm³/mol. The smallest absolute Gasteiger partial charge is 0.0431 e. The van der Waals surface area contributed by atoms with Gasteiger partial charge in [-0.1, -0.05) is 0 Å². The summed E-state index contributed by atoms with van der Waals surface area (Å²) in [6, 6.07) is 2.65. The van der Waals surface area contributed by atoms with Gasteiger partial charge >= 0.3 is 0 Å². The first-order chi connectivity index (χ1) is 6.81. The molecule has 1 unspecified atom stereocenters. The number of pyridine rings is 1. The SMILES string of the molecule is CNC(C)CN1CCc2cnccc21. The van der Waals surface area contributed by atoms with E-state index in [4.69, 9.17) is 0 Å². The van der Waals surface area contributed by atoms with Crippen LogP contribution in [-0.4, -0.2) is 31.2 Å². The Morgan fingerprint density at radius 2 is 2.50 bits per heavy atom. The molecule has 3 nitrogen and oxygen atoms in total. The summed E-state index contributed by atoms with van der Waals surface area (Å²) in [4.78, 5) is 6.58. The van der Waals surface area contributed by atoms with Crippen molar-refractivity contribution >= 4 is 5.69 Å². The number of hydrogen-bond acceptors (Lipinski definition) is 3. The second-order valence-corrected chi connectivity index (χ2v) is 3.89. The van der Waals surface area contributed by atoms with Crippen molar-refractivity contribution in [3.63, 3.8) is 0 Å². The molecule has 0 amide bonds. The lowest BCUT2D eigenvalue weighted by Crippen LogP contribution is -2.36. The average Bonchev–Trinajstić information content (AvgIpc) is 2.62. The highest BCUT2D eigenvalue weighted by Gasteiger charge is 2.19. The van der Waals surface area contributed by atoms with E-state index in [1.807, 2.05) is 19.4 Å². The second kappa shape index (κ2) is 3.96. The van der Waals surface area contributed by atoms with Crippen LogP contribution in [0.5, 0.6) is 0 Å². The van der Waals surface area contributed by atoms with Gasteiger partial charge in [-0.2, -0.15) is 0 Å². The predicted octanol–water partition coefficient (Wildman–Crippen LogP) is 1.05. The van der Waals surface area contributed by atoms with Gasteiger partial charge in [-0.15, -0.1) is 0 Å². The van der Waals surface area contributed by atoms with Crippen LogP contribution >= 0.6 is 0 Å². The molecule has 1 aromatic heterocycles. The monoisotopic (exact) mass is 191 g/mol. The van der Waals surface area contributed by atoms with E-state index in [0.717, 1.165) is 19.5 Å². The minimum atomic E-state index is 0.536. The molecule has 1 aliphatic heterocycles. The topological polar surface area (TPSA) is 28.2 Å². The summed E-state index contributed by atoms with van der Waals surface area (Å²) in [6.07, 6.45) is 5.00. The van der Waals surface area contributed by atoms with Crippen molar-refractivity contribution in [3.8, 4) is 0 Å². The average molecular weight is 191 g/mol. The molecule has 1 aromatic rings. The van der Waals surface area contributed by atoms with Crippen molar-refractivity contribution < 1.29 is 0 Å². The van der Waals surface area contributed by atoms with Crippen molar-refractivity contribution in [1.29, 1.82) is 0 Å². The lowest BCUT2D eigenvalue weighted by atomic mass is 10.2. The van der Waals surface area contributed by atoms with E-state index >= 15 is 0 Å². The van der Waals surface area contributed by atoms with Gasteiger partial charge in [0.2, 0.25) is 0 Å². The molecule has 0 fully saturated rings. The molecule has 2 rings (SSSR count). The highest BCUT2D eigenvalue weighted by atomic mass is 15.2. The maximum absolute atomic E-state index is 4.15. The van der Waals surface area contributed by atoms with Crippen molar-refractivity contribution in [1.82, 2.24) is 10.3 Å².